The summed E-state index contributed by atoms with van der Waals surface area (Å²) in [6.45, 7) is 5.47. The third-order valence-corrected chi connectivity index (χ3v) is 2.71. The van der Waals surface area contributed by atoms with Crippen LogP contribution in [0.2, 0.25) is 0 Å². The summed E-state index contributed by atoms with van der Waals surface area (Å²) < 4.78 is 5.56. The maximum Gasteiger partial charge on any atom is 0.232 e. The van der Waals surface area contributed by atoms with Crippen molar-refractivity contribution in [1.82, 2.24) is 20.3 Å². The van der Waals surface area contributed by atoms with E-state index >= 15 is 0 Å². The summed E-state index contributed by atoms with van der Waals surface area (Å²) in [5, 5.41) is 3.29. The van der Waals surface area contributed by atoms with Crippen LogP contribution in [0, 0.1) is 0 Å². The van der Waals surface area contributed by atoms with E-state index in [0.717, 1.165) is 24.4 Å². The Morgan fingerprint density at radius 2 is 2.00 bits per heavy atom. The zero-order valence-electron chi connectivity index (χ0n) is 11.9. The molecule has 2 rings (SSSR count). The predicted octanol–water partition coefficient (Wildman–Crippen LogP) is 1.99. The Bertz CT molecular complexity index is 499. The van der Waals surface area contributed by atoms with E-state index in [0.29, 0.717) is 18.5 Å². The maximum absolute atomic E-state index is 5.56. The molecule has 0 saturated carbocycles. The van der Waals surface area contributed by atoms with Gasteiger partial charge in [-0.15, -0.1) is 0 Å². The zero-order chi connectivity index (χ0) is 14.2. The molecule has 0 bridgehead atoms. The van der Waals surface area contributed by atoms with E-state index in [4.69, 9.17) is 4.74 Å². The summed E-state index contributed by atoms with van der Waals surface area (Å²) in [4.78, 5) is 12.8. The molecule has 0 aromatic carbocycles. The van der Waals surface area contributed by atoms with Crippen molar-refractivity contribution in [2.75, 3.05) is 6.61 Å². The number of aromatic nitrogens is 3. The molecular weight excluding hydrogens is 252 g/mol. The van der Waals surface area contributed by atoms with Gasteiger partial charge in [-0.1, -0.05) is 19.9 Å². The summed E-state index contributed by atoms with van der Waals surface area (Å²) in [6.07, 6.45) is 5.95. The molecule has 20 heavy (non-hydrogen) atoms. The molecule has 0 radical (unpaired) electrons. The molecule has 0 amide bonds. The van der Waals surface area contributed by atoms with Gasteiger partial charge in [-0.2, -0.15) is 0 Å². The van der Waals surface area contributed by atoms with E-state index in [1.54, 1.807) is 18.6 Å². The quantitative estimate of drug-likeness (QED) is 0.835. The number of hydrogen-bond donors (Lipinski definition) is 1. The van der Waals surface area contributed by atoms with Gasteiger partial charge in [0.2, 0.25) is 5.88 Å². The summed E-state index contributed by atoms with van der Waals surface area (Å²) in [5.41, 5.74) is 1.92. The van der Waals surface area contributed by atoms with Gasteiger partial charge >= 0.3 is 0 Å². The summed E-state index contributed by atoms with van der Waals surface area (Å²) in [5.74, 6) is 0.550. The molecule has 0 aliphatic carbocycles. The number of pyridine rings is 1. The topological polar surface area (TPSA) is 59.9 Å². The van der Waals surface area contributed by atoms with Gasteiger partial charge in [0.1, 0.15) is 0 Å². The molecule has 2 aromatic heterocycles. The predicted molar refractivity (Wildman–Crippen MR) is 77.4 cm³/mol. The van der Waals surface area contributed by atoms with Crippen LogP contribution in [0.4, 0.5) is 0 Å². The molecule has 0 saturated heterocycles. The highest BCUT2D eigenvalue weighted by Crippen LogP contribution is 2.05. The van der Waals surface area contributed by atoms with Crippen molar-refractivity contribution in [3.8, 4) is 5.88 Å². The minimum atomic E-state index is 0.436. The Labute approximate surface area is 119 Å². The summed E-state index contributed by atoms with van der Waals surface area (Å²) in [7, 11) is 0. The number of nitrogens with one attached hydrogen (secondary N) is 1. The lowest BCUT2D eigenvalue weighted by Crippen LogP contribution is -2.22. The van der Waals surface area contributed by atoms with E-state index in [1.165, 1.54) is 0 Å². The number of ether oxygens (including phenoxy) is 1. The van der Waals surface area contributed by atoms with Crippen LogP contribution < -0.4 is 10.1 Å². The molecule has 106 valence electrons. The maximum atomic E-state index is 5.56. The highest BCUT2D eigenvalue weighted by Gasteiger charge is 2.00. The molecule has 0 aliphatic rings. The van der Waals surface area contributed by atoms with Crippen LogP contribution in [-0.4, -0.2) is 27.6 Å². The van der Waals surface area contributed by atoms with E-state index < -0.39 is 0 Å². The van der Waals surface area contributed by atoms with Crippen molar-refractivity contribution >= 4 is 0 Å². The molecule has 5 nitrogen and oxygen atoms in total. The van der Waals surface area contributed by atoms with Gasteiger partial charge in [-0.3, -0.25) is 9.97 Å². The van der Waals surface area contributed by atoms with E-state index in [-0.39, 0.29) is 0 Å². The highest BCUT2D eigenvalue weighted by molar-refractivity contribution is 5.08. The summed E-state index contributed by atoms with van der Waals surface area (Å²) >= 11 is 0. The Hall–Kier alpha value is -2.01. The normalized spacial score (nSPS) is 10.8. The van der Waals surface area contributed by atoms with Gasteiger partial charge in [0.25, 0.3) is 0 Å². The van der Waals surface area contributed by atoms with Crippen LogP contribution >= 0.6 is 0 Å². The SMILES string of the molecule is CC(C)NCc1cnc(OCCc2ccccn2)cn1. The van der Waals surface area contributed by atoms with Crippen LogP contribution in [-0.2, 0) is 13.0 Å². The molecule has 0 unspecified atom stereocenters. The van der Waals surface area contributed by atoms with Gasteiger partial charge in [-0.25, -0.2) is 4.98 Å². The zero-order valence-corrected chi connectivity index (χ0v) is 11.9. The molecule has 2 aromatic rings. The fourth-order valence-corrected chi connectivity index (χ4v) is 1.62. The summed E-state index contributed by atoms with van der Waals surface area (Å²) in [6, 6.07) is 6.29. The van der Waals surface area contributed by atoms with Crippen molar-refractivity contribution in [2.45, 2.75) is 32.9 Å². The third kappa shape index (κ3) is 4.93. The van der Waals surface area contributed by atoms with Crippen LogP contribution in [0.3, 0.4) is 0 Å². The average Bonchev–Trinajstić information content (AvgIpc) is 2.47. The lowest BCUT2D eigenvalue weighted by molar-refractivity contribution is 0.306. The number of rotatable bonds is 7. The molecule has 0 aliphatic heterocycles. The first-order valence-corrected chi connectivity index (χ1v) is 6.81. The van der Waals surface area contributed by atoms with Gasteiger partial charge in [-0.05, 0) is 12.1 Å². The van der Waals surface area contributed by atoms with Crippen LogP contribution in [0.5, 0.6) is 5.88 Å². The van der Waals surface area contributed by atoms with Gasteiger partial charge in [0, 0.05) is 30.9 Å². The number of nitrogens with zero attached hydrogens (tertiary/aromatic N) is 3. The molecule has 0 atom stereocenters. The lowest BCUT2D eigenvalue weighted by atomic mass is 10.3. The van der Waals surface area contributed by atoms with Gasteiger partial charge < -0.3 is 10.1 Å². The monoisotopic (exact) mass is 272 g/mol. The first kappa shape index (κ1) is 14.4. The van der Waals surface area contributed by atoms with Gasteiger partial charge in [0.05, 0.1) is 24.7 Å². The van der Waals surface area contributed by atoms with Crippen LogP contribution in [0.25, 0.3) is 0 Å². The minimum absolute atomic E-state index is 0.436. The first-order valence-electron chi connectivity index (χ1n) is 6.81. The molecule has 0 spiro atoms. The fraction of sp³-hybridized carbons (Fsp3) is 0.400. The second kappa shape index (κ2) is 7.55. The first-order chi connectivity index (χ1) is 9.74. The van der Waals surface area contributed by atoms with Gasteiger partial charge in [0.15, 0.2) is 0 Å². The Kier molecular flexibility index (Phi) is 5.43. The largest absolute Gasteiger partial charge is 0.476 e. The van der Waals surface area contributed by atoms with Crippen molar-refractivity contribution in [3.63, 3.8) is 0 Å². The Morgan fingerprint density at radius 1 is 1.10 bits per heavy atom. The van der Waals surface area contributed by atoms with Crippen molar-refractivity contribution in [1.29, 1.82) is 0 Å². The van der Waals surface area contributed by atoms with Crippen molar-refractivity contribution < 1.29 is 4.74 Å². The Morgan fingerprint density at radius 3 is 2.65 bits per heavy atom. The van der Waals surface area contributed by atoms with E-state index in [2.05, 4.69) is 34.1 Å². The minimum Gasteiger partial charge on any atom is -0.476 e. The molecule has 1 N–H and O–H groups in total. The van der Waals surface area contributed by atoms with Crippen molar-refractivity contribution in [2.24, 2.45) is 0 Å². The molecule has 0 fully saturated rings. The van der Waals surface area contributed by atoms with Crippen LogP contribution in [0.15, 0.2) is 36.8 Å². The van der Waals surface area contributed by atoms with Crippen molar-refractivity contribution in [3.05, 3.63) is 48.2 Å². The fourth-order valence-electron chi connectivity index (χ4n) is 1.62. The second-order valence-electron chi connectivity index (χ2n) is 4.80. The van der Waals surface area contributed by atoms with Crippen LogP contribution in [0.1, 0.15) is 25.2 Å². The average molecular weight is 272 g/mol. The highest BCUT2D eigenvalue weighted by atomic mass is 16.5. The standard InChI is InChI=1S/C15H20N4O/c1-12(2)17-9-14-10-19-15(11-18-14)20-8-6-13-5-3-4-7-16-13/h3-5,7,10-12,17H,6,8-9H2,1-2H3. The smallest absolute Gasteiger partial charge is 0.232 e. The Balaban J connectivity index is 1.76. The molecule has 5 heteroatoms. The molecule has 2 heterocycles. The van der Waals surface area contributed by atoms with E-state index in [1.807, 2.05) is 18.2 Å². The lowest BCUT2D eigenvalue weighted by Gasteiger charge is -2.08. The number of hydrogen-bond acceptors (Lipinski definition) is 5. The second-order valence-corrected chi connectivity index (χ2v) is 4.80. The third-order valence-electron chi connectivity index (χ3n) is 2.71. The molecular formula is C15H20N4O. The van der Waals surface area contributed by atoms with E-state index in [9.17, 15) is 0 Å².